The number of hydrogen-bond acceptors (Lipinski definition) is 6. The molecule has 43 heavy (non-hydrogen) atoms. The highest BCUT2D eigenvalue weighted by molar-refractivity contribution is 6.00. The Morgan fingerprint density at radius 2 is 1.65 bits per heavy atom. The number of amides is 2. The minimum atomic E-state index is -0.302. The maximum atomic E-state index is 13.2. The highest BCUT2D eigenvalue weighted by atomic mass is 19.1. The molecule has 0 atom stereocenters. The molecule has 0 unspecified atom stereocenters. The second kappa shape index (κ2) is 12.7. The van der Waals surface area contributed by atoms with Crippen LogP contribution in [0.4, 0.5) is 4.39 Å². The largest absolute Gasteiger partial charge is 0.490 e. The van der Waals surface area contributed by atoms with Crippen molar-refractivity contribution in [3.05, 3.63) is 101 Å². The summed E-state index contributed by atoms with van der Waals surface area (Å²) in [5.74, 6) is 0.240. The molecular formula is C34H33FN4O4. The average Bonchev–Trinajstić information content (AvgIpc) is 3.47. The molecule has 6 rings (SSSR count). The second-order valence-corrected chi connectivity index (χ2v) is 11.3. The Kier molecular flexibility index (Phi) is 8.38. The van der Waals surface area contributed by atoms with Crippen LogP contribution < -0.4 is 10.1 Å². The van der Waals surface area contributed by atoms with Gasteiger partial charge in [-0.05, 0) is 79.1 Å². The summed E-state index contributed by atoms with van der Waals surface area (Å²) in [5, 5.41) is 12.8. The van der Waals surface area contributed by atoms with Crippen molar-refractivity contribution >= 4 is 22.8 Å². The molecule has 0 bridgehead atoms. The number of carbonyl (C=O) groups excluding carboxylic acids is 2. The summed E-state index contributed by atoms with van der Waals surface area (Å²) < 4.78 is 24.9. The van der Waals surface area contributed by atoms with Crippen molar-refractivity contribution in [2.75, 3.05) is 26.2 Å². The normalized spacial score (nSPS) is 16.6. The average molecular weight is 581 g/mol. The van der Waals surface area contributed by atoms with Gasteiger partial charge in [-0.3, -0.25) is 14.5 Å². The first-order chi connectivity index (χ1) is 20.9. The summed E-state index contributed by atoms with van der Waals surface area (Å²) >= 11 is 0. The molecule has 0 aliphatic carbocycles. The Balaban J connectivity index is 0.996. The number of ether oxygens (including phenoxy) is 1. The van der Waals surface area contributed by atoms with Crippen molar-refractivity contribution in [1.29, 1.82) is 5.26 Å². The zero-order valence-corrected chi connectivity index (χ0v) is 23.8. The fraction of sp³-hybridized carbons (Fsp3) is 0.324. The Hall–Kier alpha value is -4.68. The third-order valence-electron chi connectivity index (χ3n) is 8.24. The van der Waals surface area contributed by atoms with Crippen LogP contribution in [-0.4, -0.2) is 59.9 Å². The summed E-state index contributed by atoms with van der Waals surface area (Å²) in [6, 6.07) is 22.8. The predicted molar refractivity (Wildman–Crippen MR) is 159 cm³/mol. The van der Waals surface area contributed by atoms with Gasteiger partial charge in [0.25, 0.3) is 11.8 Å². The molecule has 0 radical (unpaired) electrons. The fourth-order valence-corrected chi connectivity index (χ4v) is 5.79. The van der Waals surface area contributed by atoms with Crippen molar-refractivity contribution in [3.8, 4) is 11.8 Å². The standard InChI is InChI=1S/C34H33FN4O4/c35-27-6-8-29(9-7-27)42-30-13-17-39(18-14-30)34(41)25-5-10-31-26(19-25)20-32(43-31)33(40)37-28-11-15-38(16-12-28)22-24-3-1-23(21-36)2-4-24/h1-10,19-20,28,30H,11-18,22H2,(H,37,40). The van der Waals surface area contributed by atoms with Crippen molar-refractivity contribution in [2.24, 2.45) is 0 Å². The van der Waals surface area contributed by atoms with Crippen molar-refractivity contribution in [3.63, 3.8) is 0 Å². The van der Waals surface area contributed by atoms with Crippen LogP contribution in [0.1, 0.15) is 57.7 Å². The number of likely N-dealkylation sites (tertiary alicyclic amines) is 2. The maximum absolute atomic E-state index is 13.2. The first-order valence-electron chi connectivity index (χ1n) is 14.7. The first-order valence-corrected chi connectivity index (χ1v) is 14.7. The molecule has 1 N–H and O–H groups in total. The summed E-state index contributed by atoms with van der Waals surface area (Å²) in [5.41, 5.74) is 2.94. The van der Waals surface area contributed by atoms with Gasteiger partial charge in [-0.2, -0.15) is 5.26 Å². The molecule has 1 aromatic heterocycles. The molecule has 2 aliphatic rings. The van der Waals surface area contributed by atoms with E-state index < -0.39 is 0 Å². The van der Waals surface area contributed by atoms with E-state index >= 15 is 0 Å². The lowest BCUT2D eigenvalue weighted by atomic mass is 10.0. The fourth-order valence-electron chi connectivity index (χ4n) is 5.79. The van der Waals surface area contributed by atoms with Gasteiger partial charge in [0.2, 0.25) is 0 Å². The van der Waals surface area contributed by atoms with E-state index in [9.17, 15) is 14.0 Å². The van der Waals surface area contributed by atoms with Crippen LogP contribution in [-0.2, 0) is 6.54 Å². The van der Waals surface area contributed by atoms with Crippen LogP contribution >= 0.6 is 0 Å². The first kappa shape index (κ1) is 28.4. The maximum Gasteiger partial charge on any atom is 0.287 e. The molecule has 8 nitrogen and oxygen atoms in total. The van der Waals surface area contributed by atoms with Gasteiger partial charge in [-0.15, -0.1) is 0 Å². The minimum Gasteiger partial charge on any atom is -0.490 e. The number of halogens is 1. The Bertz CT molecular complexity index is 1630. The van der Waals surface area contributed by atoms with Gasteiger partial charge < -0.3 is 19.4 Å². The smallest absolute Gasteiger partial charge is 0.287 e. The van der Waals surface area contributed by atoms with Crippen LogP contribution in [0.2, 0.25) is 0 Å². The van der Waals surface area contributed by atoms with Crippen LogP contribution in [0.5, 0.6) is 5.75 Å². The zero-order chi connectivity index (χ0) is 29.8. The van der Waals surface area contributed by atoms with Gasteiger partial charge in [0.1, 0.15) is 23.3 Å². The van der Waals surface area contributed by atoms with Gasteiger partial charge in [0.05, 0.1) is 11.6 Å². The van der Waals surface area contributed by atoms with Crippen molar-refractivity contribution in [1.82, 2.24) is 15.1 Å². The van der Waals surface area contributed by atoms with E-state index in [2.05, 4.69) is 16.3 Å². The number of nitrogens with one attached hydrogen (secondary N) is 1. The Labute approximate surface area is 249 Å². The van der Waals surface area contributed by atoms with Gasteiger partial charge in [-0.1, -0.05) is 12.1 Å². The van der Waals surface area contributed by atoms with Gasteiger partial charge in [0.15, 0.2) is 5.76 Å². The number of nitriles is 1. The summed E-state index contributed by atoms with van der Waals surface area (Å²) in [4.78, 5) is 30.4. The molecule has 0 saturated carbocycles. The number of rotatable bonds is 7. The topological polar surface area (TPSA) is 98.8 Å². The Morgan fingerprint density at radius 1 is 0.930 bits per heavy atom. The van der Waals surface area contributed by atoms with Crippen molar-refractivity contribution < 1.29 is 23.1 Å². The van der Waals surface area contributed by atoms with Crippen LogP contribution in [0, 0.1) is 17.1 Å². The lowest BCUT2D eigenvalue weighted by Gasteiger charge is -2.32. The minimum absolute atomic E-state index is 0.0262. The molecular weight excluding hydrogens is 547 g/mol. The number of nitrogens with zero attached hydrogens (tertiary/aromatic N) is 3. The SMILES string of the molecule is N#Cc1ccc(CN2CCC(NC(=O)c3cc4cc(C(=O)N5CCC(Oc6ccc(F)cc6)CC5)ccc4o3)CC2)cc1. The number of carbonyl (C=O) groups is 2. The number of piperidine rings is 2. The number of fused-ring (bicyclic) bond motifs is 1. The molecule has 2 fully saturated rings. The predicted octanol–water partition coefficient (Wildman–Crippen LogP) is 5.52. The molecule has 4 aromatic rings. The lowest BCUT2D eigenvalue weighted by Crippen LogP contribution is -2.44. The molecule has 2 amide bonds. The third kappa shape index (κ3) is 6.87. The third-order valence-corrected chi connectivity index (χ3v) is 8.24. The van der Waals surface area contributed by atoms with Crippen LogP contribution in [0.25, 0.3) is 11.0 Å². The Morgan fingerprint density at radius 3 is 2.35 bits per heavy atom. The van der Waals surface area contributed by atoms with Gasteiger partial charge in [-0.25, -0.2) is 4.39 Å². The molecule has 2 saturated heterocycles. The van der Waals surface area contributed by atoms with Crippen LogP contribution in [0.3, 0.4) is 0 Å². The molecule has 9 heteroatoms. The van der Waals surface area contributed by atoms with E-state index in [0.717, 1.165) is 32.5 Å². The molecule has 2 aliphatic heterocycles. The molecule has 0 spiro atoms. The molecule has 3 aromatic carbocycles. The molecule has 3 heterocycles. The summed E-state index contributed by atoms with van der Waals surface area (Å²) in [6.45, 7) is 3.68. The number of benzene rings is 3. The van der Waals surface area contributed by atoms with E-state index in [1.807, 2.05) is 29.2 Å². The van der Waals surface area contributed by atoms with E-state index in [1.54, 1.807) is 36.4 Å². The van der Waals surface area contributed by atoms with E-state index in [0.29, 0.717) is 53.8 Å². The highest BCUT2D eigenvalue weighted by Gasteiger charge is 2.26. The monoisotopic (exact) mass is 580 g/mol. The van der Waals surface area contributed by atoms with E-state index in [-0.39, 0.29) is 35.5 Å². The van der Waals surface area contributed by atoms with E-state index in [1.165, 1.54) is 17.7 Å². The lowest BCUT2D eigenvalue weighted by molar-refractivity contribution is 0.0595. The summed E-state index contributed by atoms with van der Waals surface area (Å²) in [6.07, 6.45) is 3.03. The summed E-state index contributed by atoms with van der Waals surface area (Å²) in [7, 11) is 0. The second-order valence-electron chi connectivity index (χ2n) is 11.3. The van der Waals surface area contributed by atoms with Gasteiger partial charge in [0, 0.05) is 62.6 Å². The molecule has 220 valence electrons. The van der Waals surface area contributed by atoms with Crippen LogP contribution in [0.15, 0.2) is 77.2 Å². The number of hydrogen-bond donors (Lipinski definition) is 1. The van der Waals surface area contributed by atoms with Crippen molar-refractivity contribution in [2.45, 2.75) is 44.4 Å². The zero-order valence-electron chi connectivity index (χ0n) is 23.8. The van der Waals surface area contributed by atoms with Gasteiger partial charge >= 0.3 is 0 Å². The quantitative estimate of drug-likeness (QED) is 0.309. The highest BCUT2D eigenvalue weighted by Crippen LogP contribution is 2.25. The number of furan rings is 1. The van der Waals surface area contributed by atoms with E-state index in [4.69, 9.17) is 14.4 Å².